The first-order chi connectivity index (χ1) is 9.71. The molecule has 1 aliphatic carbocycles. The van der Waals surface area contributed by atoms with E-state index in [0.717, 1.165) is 19.4 Å². The molecule has 5 nitrogen and oxygen atoms in total. The molecule has 1 unspecified atom stereocenters. The lowest BCUT2D eigenvalue weighted by Gasteiger charge is -2.27. The van der Waals surface area contributed by atoms with E-state index < -0.39 is 15.6 Å². The fraction of sp³-hybridized carbons (Fsp3) is 0.833. The summed E-state index contributed by atoms with van der Waals surface area (Å²) in [6.07, 6.45) is 3.25. The molecule has 0 spiro atoms. The highest BCUT2D eigenvalue weighted by Crippen LogP contribution is 2.36. The van der Waals surface area contributed by atoms with Crippen molar-refractivity contribution in [2.45, 2.75) is 43.8 Å². The van der Waals surface area contributed by atoms with Crippen molar-refractivity contribution in [1.82, 2.24) is 4.90 Å². The molecule has 21 heavy (non-hydrogen) atoms. The SMILES string of the molecule is CN(CCC1=C(OS(=O)(=O)C(F)(F)F)CC1)C1CCCO1. The van der Waals surface area contributed by atoms with E-state index in [-0.39, 0.29) is 18.4 Å². The Balaban J connectivity index is 1.89. The molecule has 0 amide bonds. The van der Waals surface area contributed by atoms with E-state index in [1.165, 1.54) is 0 Å². The standard InChI is InChI=1S/C12H18F3NO4S/c1-16(11-3-2-8-19-11)7-6-9-4-5-10(9)20-21(17,18)12(13,14)15/h11H,2-8H2,1H3. The third-order valence-electron chi connectivity index (χ3n) is 3.71. The van der Waals surface area contributed by atoms with Crippen molar-refractivity contribution < 1.29 is 30.5 Å². The van der Waals surface area contributed by atoms with E-state index in [9.17, 15) is 21.6 Å². The topological polar surface area (TPSA) is 55.8 Å². The molecule has 0 N–H and O–H groups in total. The van der Waals surface area contributed by atoms with Crippen LogP contribution in [0.5, 0.6) is 0 Å². The van der Waals surface area contributed by atoms with Crippen LogP contribution in [0.2, 0.25) is 0 Å². The number of nitrogens with zero attached hydrogens (tertiary/aromatic N) is 1. The predicted molar refractivity (Wildman–Crippen MR) is 68.5 cm³/mol. The van der Waals surface area contributed by atoms with E-state index in [1.807, 2.05) is 11.9 Å². The lowest BCUT2D eigenvalue weighted by Crippen LogP contribution is -2.32. The van der Waals surface area contributed by atoms with Gasteiger partial charge in [0, 0.05) is 19.6 Å². The van der Waals surface area contributed by atoms with Gasteiger partial charge in [-0.05, 0) is 38.3 Å². The molecule has 1 heterocycles. The van der Waals surface area contributed by atoms with E-state index >= 15 is 0 Å². The van der Waals surface area contributed by atoms with Crippen LogP contribution < -0.4 is 0 Å². The largest absolute Gasteiger partial charge is 0.534 e. The fourth-order valence-electron chi connectivity index (χ4n) is 2.31. The van der Waals surface area contributed by atoms with Crippen LogP contribution in [0.3, 0.4) is 0 Å². The molecule has 0 radical (unpaired) electrons. The average Bonchev–Trinajstić information content (AvgIpc) is 2.87. The molecule has 1 atom stereocenters. The van der Waals surface area contributed by atoms with Crippen molar-refractivity contribution in [2.75, 3.05) is 20.2 Å². The highest BCUT2D eigenvalue weighted by atomic mass is 32.2. The molecule has 1 aliphatic heterocycles. The number of halogens is 3. The van der Waals surface area contributed by atoms with Gasteiger partial charge in [0.2, 0.25) is 0 Å². The van der Waals surface area contributed by atoms with Gasteiger partial charge in [0.1, 0.15) is 12.0 Å². The molecule has 9 heteroatoms. The second-order valence-electron chi connectivity index (χ2n) is 5.21. The number of ether oxygens (including phenoxy) is 1. The summed E-state index contributed by atoms with van der Waals surface area (Å²) in [5.41, 5.74) is -4.75. The van der Waals surface area contributed by atoms with Crippen molar-refractivity contribution in [3.05, 3.63) is 11.3 Å². The first-order valence-corrected chi connectivity index (χ1v) is 8.15. The van der Waals surface area contributed by atoms with Gasteiger partial charge in [0.05, 0.1) is 0 Å². The number of hydrogen-bond acceptors (Lipinski definition) is 5. The van der Waals surface area contributed by atoms with E-state index in [2.05, 4.69) is 4.18 Å². The van der Waals surface area contributed by atoms with Gasteiger partial charge in [0.25, 0.3) is 0 Å². The van der Waals surface area contributed by atoms with E-state index in [0.29, 0.717) is 25.0 Å². The van der Waals surface area contributed by atoms with Crippen molar-refractivity contribution in [1.29, 1.82) is 0 Å². The molecule has 0 aromatic carbocycles. The van der Waals surface area contributed by atoms with Crippen molar-refractivity contribution in [3.63, 3.8) is 0 Å². The minimum Gasteiger partial charge on any atom is -0.381 e. The second kappa shape index (κ2) is 6.13. The zero-order valence-electron chi connectivity index (χ0n) is 11.6. The first kappa shape index (κ1) is 16.6. The molecule has 122 valence electrons. The normalized spacial score (nSPS) is 23.6. The molecule has 0 aromatic heterocycles. The summed E-state index contributed by atoms with van der Waals surface area (Å²) in [6, 6.07) is 0. The molecular formula is C12H18F3NO4S. The summed E-state index contributed by atoms with van der Waals surface area (Å²) in [4.78, 5) is 1.98. The van der Waals surface area contributed by atoms with Crippen molar-refractivity contribution in [2.24, 2.45) is 0 Å². The lowest BCUT2D eigenvalue weighted by atomic mass is 9.93. The smallest absolute Gasteiger partial charge is 0.381 e. The third-order valence-corrected chi connectivity index (χ3v) is 4.69. The zero-order valence-corrected chi connectivity index (χ0v) is 12.5. The lowest BCUT2D eigenvalue weighted by molar-refractivity contribution is -0.0526. The first-order valence-electron chi connectivity index (χ1n) is 6.74. The van der Waals surface area contributed by atoms with Crippen LogP contribution in [0, 0.1) is 0 Å². The van der Waals surface area contributed by atoms with Crippen LogP contribution in [-0.4, -0.2) is 45.3 Å². The minimum atomic E-state index is -5.54. The monoisotopic (exact) mass is 329 g/mol. The van der Waals surface area contributed by atoms with E-state index in [1.54, 1.807) is 0 Å². The van der Waals surface area contributed by atoms with Gasteiger partial charge in [-0.2, -0.15) is 21.6 Å². The quantitative estimate of drug-likeness (QED) is 0.553. The zero-order chi connectivity index (χ0) is 15.7. The Morgan fingerprint density at radius 3 is 2.57 bits per heavy atom. The van der Waals surface area contributed by atoms with Gasteiger partial charge < -0.3 is 8.92 Å². The van der Waals surface area contributed by atoms with Crippen LogP contribution in [-0.2, 0) is 19.0 Å². The fourth-order valence-corrected chi connectivity index (χ4v) is 2.87. The molecule has 0 saturated carbocycles. The molecule has 1 saturated heterocycles. The molecule has 2 aliphatic rings. The van der Waals surface area contributed by atoms with Gasteiger partial charge in [0.15, 0.2) is 0 Å². The molecule has 1 fully saturated rings. The third kappa shape index (κ3) is 3.89. The molecule has 0 bridgehead atoms. The van der Waals surface area contributed by atoms with Gasteiger partial charge in [-0.25, -0.2) is 0 Å². The predicted octanol–water partition coefficient (Wildman–Crippen LogP) is 2.36. The van der Waals surface area contributed by atoms with Crippen LogP contribution in [0.4, 0.5) is 13.2 Å². The Kier molecular flexibility index (Phi) is 4.84. The summed E-state index contributed by atoms with van der Waals surface area (Å²) >= 11 is 0. The number of allylic oxidation sites excluding steroid dienone is 1. The van der Waals surface area contributed by atoms with Crippen molar-refractivity contribution in [3.8, 4) is 0 Å². The highest BCUT2D eigenvalue weighted by Gasteiger charge is 2.49. The molecular weight excluding hydrogens is 311 g/mol. The highest BCUT2D eigenvalue weighted by molar-refractivity contribution is 7.87. The van der Waals surface area contributed by atoms with E-state index in [4.69, 9.17) is 4.74 Å². The van der Waals surface area contributed by atoms with Crippen LogP contribution in [0.15, 0.2) is 11.3 Å². The maximum absolute atomic E-state index is 12.2. The maximum atomic E-state index is 12.2. The Hall–Kier alpha value is -0.800. The number of alkyl halides is 3. The number of rotatable bonds is 6. The van der Waals surface area contributed by atoms with Gasteiger partial charge in [-0.1, -0.05) is 0 Å². The van der Waals surface area contributed by atoms with Gasteiger partial charge in [-0.3, -0.25) is 4.90 Å². The average molecular weight is 329 g/mol. The Labute approximate surface area is 121 Å². The molecule has 2 rings (SSSR count). The summed E-state index contributed by atoms with van der Waals surface area (Å²) in [7, 11) is -3.66. The van der Waals surface area contributed by atoms with Crippen LogP contribution in [0.25, 0.3) is 0 Å². The van der Waals surface area contributed by atoms with Crippen molar-refractivity contribution >= 4 is 10.1 Å². The van der Waals surface area contributed by atoms with Crippen LogP contribution in [0.1, 0.15) is 32.1 Å². The maximum Gasteiger partial charge on any atom is 0.534 e. The summed E-state index contributed by atoms with van der Waals surface area (Å²) in [6.45, 7) is 1.31. The summed E-state index contributed by atoms with van der Waals surface area (Å²) < 4.78 is 68.3. The molecule has 0 aromatic rings. The Morgan fingerprint density at radius 2 is 2.10 bits per heavy atom. The Bertz CT molecular complexity index is 509. The summed E-state index contributed by atoms with van der Waals surface area (Å²) in [5, 5.41) is 0. The summed E-state index contributed by atoms with van der Waals surface area (Å²) in [5.74, 6) is -0.0620. The van der Waals surface area contributed by atoms with Gasteiger partial charge >= 0.3 is 15.6 Å². The minimum absolute atomic E-state index is 0.0361. The number of hydrogen-bond donors (Lipinski definition) is 0. The Morgan fingerprint density at radius 1 is 1.38 bits per heavy atom. The van der Waals surface area contributed by atoms with Crippen LogP contribution >= 0.6 is 0 Å². The second-order valence-corrected chi connectivity index (χ2v) is 6.75. The van der Waals surface area contributed by atoms with Gasteiger partial charge in [-0.15, -0.1) is 0 Å².